The first kappa shape index (κ1) is 29.3. The number of nitrogens with two attached hydrogens (primary N) is 1. The molecule has 11 nitrogen and oxygen atoms in total. The van der Waals surface area contributed by atoms with Crippen molar-refractivity contribution in [3.8, 4) is 0 Å². The molecule has 0 saturated carbocycles. The molecule has 0 fully saturated rings. The van der Waals surface area contributed by atoms with Crippen LogP contribution in [-0.4, -0.2) is 63.4 Å². The number of para-hydroxylation sites is 2. The Morgan fingerprint density at radius 1 is 0.805 bits per heavy atom. The third-order valence-electron chi connectivity index (χ3n) is 6.95. The zero-order valence-corrected chi connectivity index (χ0v) is 23.1. The number of fused-ring (bicyclic) bond motifs is 2. The molecule has 0 aliphatic heterocycles. The Kier molecular flexibility index (Phi) is 9.41. The fraction of sp³-hybridized carbons (Fsp3) is 0.333. The maximum Gasteiger partial charge on any atom is 0.326 e. The molecule has 0 bridgehead atoms. The second-order valence-corrected chi connectivity index (χ2v) is 10.6. The number of benzene rings is 2. The van der Waals surface area contributed by atoms with Crippen LogP contribution in [0.5, 0.6) is 0 Å². The minimum Gasteiger partial charge on any atom is -0.480 e. The van der Waals surface area contributed by atoms with E-state index < -0.39 is 48.4 Å². The Bertz CT molecular complexity index is 1540. The van der Waals surface area contributed by atoms with Crippen molar-refractivity contribution in [1.82, 2.24) is 25.9 Å². The highest BCUT2D eigenvalue weighted by Gasteiger charge is 2.27. The SMILES string of the molecule is CC(C)CC(NC(=O)CNC(=O)C(Cc1c[nH]c2ccccc12)NC(=O)C(N)Cc1c[nH]c2ccccc12)C(=O)O. The molecule has 3 amide bonds. The highest BCUT2D eigenvalue weighted by atomic mass is 16.4. The van der Waals surface area contributed by atoms with Gasteiger partial charge in [0.2, 0.25) is 17.7 Å². The van der Waals surface area contributed by atoms with E-state index in [4.69, 9.17) is 5.73 Å². The molecule has 2 aromatic carbocycles. The first-order chi connectivity index (χ1) is 19.6. The van der Waals surface area contributed by atoms with Crippen LogP contribution in [0, 0.1) is 5.92 Å². The molecule has 2 aromatic heterocycles. The second kappa shape index (κ2) is 13.1. The summed E-state index contributed by atoms with van der Waals surface area (Å²) < 4.78 is 0. The molecule has 4 rings (SSSR count). The van der Waals surface area contributed by atoms with E-state index in [-0.39, 0.29) is 25.2 Å². The van der Waals surface area contributed by atoms with Gasteiger partial charge in [0.05, 0.1) is 12.6 Å². The van der Waals surface area contributed by atoms with Gasteiger partial charge in [0.15, 0.2) is 0 Å². The summed E-state index contributed by atoms with van der Waals surface area (Å²) in [7, 11) is 0. The Morgan fingerprint density at radius 3 is 1.93 bits per heavy atom. The van der Waals surface area contributed by atoms with Crippen molar-refractivity contribution in [2.45, 2.75) is 51.2 Å². The van der Waals surface area contributed by atoms with Crippen LogP contribution in [0.4, 0.5) is 0 Å². The average molecular weight is 561 g/mol. The van der Waals surface area contributed by atoms with Gasteiger partial charge in [-0.25, -0.2) is 4.79 Å². The van der Waals surface area contributed by atoms with Gasteiger partial charge in [-0.05, 0) is 42.0 Å². The lowest BCUT2D eigenvalue weighted by molar-refractivity contribution is -0.142. The quantitative estimate of drug-likeness (QED) is 0.131. The minimum atomic E-state index is -1.15. The van der Waals surface area contributed by atoms with Crippen LogP contribution in [0.25, 0.3) is 21.8 Å². The zero-order valence-electron chi connectivity index (χ0n) is 23.1. The lowest BCUT2D eigenvalue weighted by Crippen LogP contribution is -2.54. The summed E-state index contributed by atoms with van der Waals surface area (Å²) in [6.07, 6.45) is 4.25. The number of aliphatic carboxylic acids is 1. The first-order valence-electron chi connectivity index (χ1n) is 13.6. The van der Waals surface area contributed by atoms with Crippen molar-refractivity contribution < 1.29 is 24.3 Å². The summed E-state index contributed by atoms with van der Waals surface area (Å²) in [5.41, 5.74) is 9.78. The van der Waals surface area contributed by atoms with Crippen molar-refractivity contribution in [2.24, 2.45) is 11.7 Å². The number of aromatic amines is 2. The van der Waals surface area contributed by atoms with Crippen molar-refractivity contribution in [3.63, 3.8) is 0 Å². The molecule has 41 heavy (non-hydrogen) atoms. The van der Waals surface area contributed by atoms with Crippen LogP contribution in [-0.2, 0) is 32.0 Å². The standard InChI is InChI=1S/C30H36N6O5/c1-17(2)11-26(30(40)41)35-27(37)16-34-29(39)25(13-19-15-33-24-10-6-4-8-21(19)24)36-28(38)22(31)12-18-14-32-23-9-5-3-7-20(18)23/h3-10,14-15,17,22,25-26,32-33H,11-13,16,31H2,1-2H3,(H,34,39)(H,35,37)(H,36,38)(H,40,41). The highest BCUT2D eigenvalue weighted by Crippen LogP contribution is 2.20. The molecular weight excluding hydrogens is 524 g/mol. The predicted molar refractivity (Wildman–Crippen MR) is 156 cm³/mol. The van der Waals surface area contributed by atoms with Gasteiger partial charge in [-0.15, -0.1) is 0 Å². The highest BCUT2D eigenvalue weighted by molar-refractivity contribution is 5.94. The fourth-order valence-electron chi connectivity index (χ4n) is 4.87. The van der Waals surface area contributed by atoms with Crippen LogP contribution in [0.2, 0.25) is 0 Å². The topological polar surface area (TPSA) is 182 Å². The van der Waals surface area contributed by atoms with Crippen LogP contribution in [0.3, 0.4) is 0 Å². The van der Waals surface area contributed by atoms with Gasteiger partial charge < -0.3 is 36.8 Å². The minimum absolute atomic E-state index is 0.0511. The van der Waals surface area contributed by atoms with E-state index in [1.54, 1.807) is 6.20 Å². The number of H-pyrrole nitrogens is 2. The van der Waals surface area contributed by atoms with E-state index in [9.17, 15) is 24.3 Å². The van der Waals surface area contributed by atoms with Crippen molar-refractivity contribution in [3.05, 3.63) is 72.1 Å². The number of carbonyl (C=O) groups is 4. The molecule has 3 unspecified atom stereocenters. The monoisotopic (exact) mass is 560 g/mol. The Balaban J connectivity index is 1.45. The summed E-state index contributed by atoms with van der Waals surface area (Å²) in [5.74, 6) is -2.83. The normalized spacial score (nSPS) is 13.6. The Morgan fingerprint density at radius 2 is 1.37 bits per heavy atom. The molecule has 0 radical (unpaired) electrons. The average Bonchev–Trinajstić information content (AvgIpc) is 3.54. The number of nitrogens with one attached hydrogen (secondary N) is 5. The van der Waals surface area contributed by atoms with Crippen molar-refractivity contribution in [2.75, 3.05) is 6.54 Å². The molecule has 0 saturated heterocycles. The number of amides is 3. The molecule has 3 atom stereocenters. The predicted octanol–water partition coefficient (Wildman–Crippen LogP) is 1.98. The van der Waals surface area contributed by atoms with Crippen LogP contribution < -0.4 is 21.7 Å². The van der Waals surface area contributed by atoms with Crippen LogP contribution >= 0.6 is 0 Å². The van der Waals surface area contributed by atoms with Gasteiger partial charge in [-0.2, -0.15) is 0 Å². The van der Waals surface area contributed by atoms with E-state index in [0.717, 1.165) is 32.9 Å². The van der Waals surface area contributed by atoms with Gasteiger partial charge in [-0.3, -0.25) is 14.4 Å². The molecule has 2 heterocycles. The molecule has 216 valence electrons. The van der Waals surface area contributed by atoms with Gasteiger partial charge in [0, 0.05) is 40.6 Å². The smallest absolute Gasteiger partial charge is 0.326 e. The Hall–Kier alpha value is -4.64. The van der Waals surface area contributed by atoms with E-state index in [0.29, 0.717) is 0 Å². The fourth-order valence-corrected chi connectivity index (χ4v) is 4.87. The summed E-state index contributed by atoms with van der Waals surface area (Å²) in [5, 5.41) is 19.0. The maximum atomic E-state index is 13.3. The summed E-state index contributed by atoms with van der Waals surface area (Å²) in [4.78, 5) is 56.8. The number of aromatic nitrogens is 2. The number of carbonyl (C=O) groups excluding carboxylic acids is 3. The lowest BCUT2D eigenvalue weighted by Gasteiger charge is -2.21. The summed E-state index contributed by atoms with van der Waals surface area (Å²) in [6, 6.07) is 12.3. The lowest BCUT2D eigenvalue weighted by atomic mass is 10.0. The van der Waals surface area contributed by atoms with Crippen LogP contribution in [0.15, 0.2) is 60.9 Å². The van der Waals surface area contributed by atoms with Gasteiger partial charge in [0.1, 0.15) is 12.1 Å². The molecule has 0 aliphatic carbocycles. The van der Waals surface area contributed by atoms with E-state index in [1.807, 2.05) is 68.6 Å². The number of carboxylic acids is 1. The first-order valence-corrected chi connectivity index (χ1v) is 13.6. The van der Waals surface area contributed by atoms with Gasteiger partial charge in [0.25, 0.3) is 0 Å². The third kappa shape index (κ3) is 7.52. The zero-order chi connectivity index (χ0) is 29.5. The molecule has 11 heteroatoms. The van der Waals surface area contributed by atoms with Gasteiger partial charge >= 0.3 is 5.97 Å². The summed E-state index contributed by atoms with van der Waals surface area (Å²) >= 11 is 0. The molecular formula is C30H36N6O5. The van der Waals surface area contributed by atoms with Crippen LogP contribution in [0.1, 0.15) is 31.4 Å². The molecule has 8 N–H and O–H groups in total. The number of carboxylic acid groups (broad SMARTS) is 1. The number of hydrogen-bond acceptors (Lipinski definition) is 5. The Labute approximate surface area is 237 Å². The number of rotatable bonds is 13. The molecule has 0 aliphatic rings. The van der Waals surface area contributed by atoms with E-state index in [2.05, 4.69) is 25.9 Å². The number of hydrogen-bond donors (Lipinski definition) is 7. The van der Waals surface area contributed by atoms with Gasteiger partial charge in [-0.1, -0.05) is 50.2 Å². The molecule has 0 spiro atoms. The second-order valence-electron chi connectivity index (χ2n) is 10.6. The maximum absolute atomic E-state index is 13.3. The van der Waals surface area contributed by atoms with E-state index >= 15 is 0 Å². The molecule has 4 aromatic rings. The third-order valence-corrected chi connectivity index (χ3v) is 6.95. The summed E-state index contributed by atoms with van der Waals surface area (Å²) in [6.45, 7) is 3.26. The largest absolute Gasteiger partial charge is 0.480 e. The van der Waals surface area contributed by atoms with Crippen molar-refractivity contribution >= 4 is 45.5 Å². The van der Waals surface area contributed by atoms with Crippen molar-refractivity contribution in [1.29, 1.82) is 0 Å². The van der Waals surface area contributed by atoms with E-state index in [1.165, 1.54) is 0 Å².